The second-order valence-electron chi connectivity index (χ2n) is 3.09. The highest BCUT2D eigenvalue weighted by Crippen LogP contribution is 2.09. The SMILES string of the molecule is CC(=O)c1nnn(-c2cncnc2)c1C. The third-order valence-electron chi connectivity index (χ3n) is 2.02. The minimum absolute atomic E-state index is 0.101. The van der Waals surface area contributed by atoms with Gasteiger partial charge in [-0.3, -0.25) is 4.79 Å². The van der Waals surface area contributed by atoms with Crippen LogP contribution < -0.4 is 0 Å². The van der Waals surface area contributed by atoms with Crippen molar-refractivity contribution in [2.45, 2.75) is 13.8 Å². The van der Waals surface area contributed by atoms with Gasteiger partial charge in [0.1, 0.15) is 12.0 Å². The van der Waals surface area contributed by atoms with Gasteiger partial charge in [0, 0.05) is 6.92 Å². The Morgan fingerprint density at radius 2 is 2.00 bits per heavy atom. The molecule has 0 aromatic carbocycles. The van der Waals surface area contributed by atoms with Crippen LogP contribution in [0, 0.1) is 6.92 Å². The molecule has 76 valence electrons. The van der Waals surface area contributed by atoms with Gasteiger partial charge in [-0.15, -0.1) is 5.10 Å². The maximum Gasteiger partial charge on any atom is 0.181 e. The summed E-state index contributed by atoms with van der Waals surface area (Å²) in [7, 11) is 0. The molecule has 0 aliphatic carbocycles. The second kappa shape index (κ2) is 3.56. The lowest BCUT2D eigenvalue weighted by molar-refractivity contribution is 0.101. The monoisotopic (exact) mass is 203 g/mol. The second-order valence-corrected chi connectivity index (χ2v) is 3.09. The van der Waals surface area contributed by atoms with Crippen LogP contribution in [0.2, 0.25) is 0 Å². The van der Waals surface area contributed by atoms with Gasteiger partial charge in [0.2, 0.25) is 0 Å². The van der Waals surface area contributed by atoms with E-state index in [-0.39, 0.29) is 5.78 Å². The minimum atomic E-state index is -0.101. The molecule has 2 aromatic rings. The van der Waals surface area contributed by atoms with Crippen molar-refractivity contribution >= 4 is 5.78 Å². The molecule has 6 nitrogen and oxygen atoms in total. The Balaban J connectivity index is 2.52. The molecule has 0 bridgehead atoms. The fourth-order valence-corrected chi connectivity index (χ4v) is 1.30. The normalized spacial score (nSPS) is 10.3. The van der Waals surface area contributed by atoms with E-state index < -0.39 is 0 Å². The molecule has 2 aromatic heterocycles. The molecule has 0 radical (unpaired) electrons. The van der Waals surface area contributed by atoms with E-state index in [2.05, 4.69) is 20.3 Å². The van der Waals surface area contributed by atoms with E-state index in [1.165, 1.54) is 17.9 Å². The van der Waals surface area contributed by atoms with Crippen LogP contribution in [-0.2, 0) is 0 Å². The number of rotatable bonds is 2. The van der Waals surface area contributed by atoms with Gasteiger partial charge >= 0.3 is 0 Å². The summed E-state index contributed by atoms with van der Waals surface area (Å²) in [6.07, 6.45) is 4.65. The highest BCUT2D eigenvalue weighted by molar-refractivity contribution is 5.93. The third kappa shape index (κ3) is 1.61. The van der Waals surface area contributed by atoms with Gasteiger partial charge in [0.15, 0.2) is 11.5 Å². The number of hydrogen-bond acceptors (Lipinski definition) is 5. The molecular formula is C9H9N5O. The van der Waals surface area contributed by atoms with Crippen molar-refractivity contribution in [3.8, 4) is 5.69 Å². The summed E-state index contributed by atoms with van der Waals surface area (Å²) in [5, 5.41) is 7.67. The van der Waals surface area contributed by atoms with Gasteiger partial charge in [-0.1, -0.05) is 5.21 Å². The first kappa shape index (κ1) is 9.45. The highest BCUT2D eigenvalue weighted by Gasteiger charge is 2.13. The lowest BCUT2D eigenvalue weighted by Gasteiger charge is -2.00. The first-order valence-electron chi connectivity index (χ1n) is 4.39. The number of hydrogen-bond donors (Lipinski definition) is 0. The molecule has 0 saturated heterocycles. The van der Waals surface area contributed by atoms with Gasteiger partial charge < -0.3 is 0 Å². The molecule has 2 heterocycles. The average Bonchev–Trinajstić information content (AvgIpc) is 2.61. The van der Waals surface area contributed by atoms with E-state index in [0.29, 0.717) is 17.1 Å². The fourth-order valence-electron chi connectivity index (χ4n) is 1.30. The van der Waals surface area contributed by atoms with E-state index >= 15 is 0 Å². The van der Waals surface area contributed by atoms with Crippen LogP contribution >= 0.6 is 0 Å². The molecule has 0 amide bonds. The standard InChI is InChI=1S/C9H9N5O/c1-6-9(7(2)15)12-13-14(6)8-3-10-5-11-4-8/h3-5H,1-2H3. The molecule has 0 aliphatic rings. The largest absolute Gasteiger partial charge is 0.293 e. The maximum atomic E-state index is 11.2. The number of ketones is 1. The van der Waals surface area contributed by atoms with E-state index in [9.17, 15) is 4.79 Å². The number of carbonyl (C=O) groups is 1. The Bertz CT molecular complexity index is 490. The quantitative estimate of drug-likeness (QED) is 0.667. The van der Waals surface area contributed by atoms with Crippen molar-refractivity contribution in [1.29, 1.82) is 0 Å². The van der Waals surface area contributed by atoms with Crippen LogP contribution in [0.1, 0.15) is 23.1 Å². The fraction of sp³-hybridized carbons (Fsp3) is 0.222. The van der Waals surface area contributed by atoms with E-state index in [4.69, 9.17) is 0 Å². The van der Waals surface area contributed by atoms with Crippen LogP contribution in [0.4, 0.5) is 0 Å². The zero-order valence-corrected chi connectivity index (χ0v) is 8.38. The van der Waals surface area contributed by atoms with Gasteiger partial charge in [0.05, 0.1) is 18.1 Å². The van der Waals surface area contributed by atoms with E-state index in [1.54, 1.807) is 19.3 Å². The summed E-state index contributed by atoms with van der Waals surface area (Å²) < 4.78 is 1.54. The highest BCUT2D eigenvalue weighted by atomic mass is 16.1. The van der Waals surface area contributed by atoms with Gasteiger partial charge in [-0.2, -0.15) is 0 Å². The van der Waals surface area contributed by atoms with Gasteiger partial charge in [-0.25, -0.2) is 14.6 Å². The third-order valence-corrected chi connectivity index (χ3v) is 2.02. The average molecular weight is 203 g/mol. The molecular weight excluding hydrogens is 194 g/mol. The summed E-state index contributed by atoms with van der Waals surface area (Å²) in [6, 6.07) is 0. The zero-order chi connectivity index (χ0) is 10.8. The molecule has 0 saturated carbocycles. The number of aromatic nitrogens is 5. The lowest BCUT2D eigenvalue weighted by atomic mass is 10.2. The summed E-state index contributed by atoms with van der Waals surface area (Å²) in [6.45, 7) is 3.24. The van der Waals surface area contributed by atoms with Crippen LogP contribution in [0.15, 0.2) is 18.7 Å². The van der Waals surface area contributed by atoms with Crippen LogP contribution in [0.3, 0.4) is 0 Å². The van der Waals surface area contributed by atoms with Crippen LogP contribution in [-0.4, -0.2) is 30.7 Å². The Hall–Kier alpha value is -2.11. The predicted octanol–water partition coefficient (Wildman–Crippen LogP) is 0.568. The van der Waals surface area contributed by atoms with Crippen molar-refractivity contribution in [3.63, 3.8) is 0 Å². The minimum Gasteiger partial charge on any atom is -0.293 e. The zero-order valence-electron chi connectivity index (χ0n) is 8.38. The molecule has 0 fully saturated rings. The molecule has 15 heavy (non-hydrogen) atoms. The molecule has 0 N–H and O–H groups in total. The maximum absolute atomic E-state index is 11.2. The first-order chi connectivity index (χ1) is 7.20. The van der Waals surface area contributed by atoms with Crippen molar-refractivity contribution in [2.24, 2.45) is 0 Å². The van der Waals surface area contributed by atoms with E-state index in [0.717, 1.165) is 0 Å². The molecule has 0 unspecified atom stereocenters. The smallest absolute Gasteiger partial charge is 0.181 e. The Kier molecular flexibility index (Phi) is 2.24. The summed E-state index contributed by atoms with van der Waals surface area (Å²) in [5.74, 6) is -0.101. The van der Waals surface area contributed by atoms with Crippen LogP contribution in [0.5, 0.6) is 0 Å². The molecule has 0 aliphatic heterocycles. The Morgan fingerprint density at radius 3 is 2.53 bits per heavy atom. The predicted molar refractivity (Wildman–Crippen MR) is 51.7 cm³/mol. The Morgan fingerprint density at radius 1 is 1.33 bits per heavy atom. The molecule has 2 rings (SSSR count). The summed E-state index contributed by atoms with van der Waals surface area (Å²) in [5.41, 5.74) is 1.76. The number of nitrogens with zero attached hydrogens (tertiary/aromatic N) is 5. The molecule has 0 atom stereocenters. The summed E-state index contributed by atoms with van der Waals surface area (Å²) in [4.78, 5) is 18.9. The van der Waals surface area contributed by atoms with Gasteiger partial charge in [-0.05, 0) is 6.92 Å². The van der Waals surface area contributed by atoms with Crippen molar-refractivity contribution in [2.75, 3.05) is 0 Å². The first-order valence-corrected chi connectivity index (χ1v) is 4.39. The van der Waals surface area contributed by atoms with Crippen molar-refractivity contribution in [3.05, 3.63) is 30.1 Å². The van der Waals surface area contributed by atoms with Gasteiger partial charge in [0.25, 0.3) is 0 Å². The van der Waals surface area contributed by atoms with Crippen molar-refractivity contribution < 1.29 is 4.79 Å². The van der Waals surface area contributed by atoms with Crippen LogP contribution in [0.25, 0.3) is 5.69 Å². The number of Topliss-reactive ketones (excluding diaryl/α,β-unsaturated/α-hetero) is 1. The van der Waals surface area contributed by atoms with Crippen molar-refractivity contribution in [1.82, 2.24) is 25.0 Å². The van der Waals surface area contributed by atoms with E-state index in [1.807, 2.05) is 0 Å². The summed E-state index contributed by atoms with van der Waals surface area (Å²) >= 11 is 0. The number of carbonyl (C=O) groups excluding carboxylic acids is 1. The topological polar surface area (TPSA) is 73.6 Å². The lowest BCUT2D eigenvalue weighted by Crippen LogP contribution is -2.01. The molecule has 0 spiro atoms. The Labute approximate surface area is 86.0 Å². The molecule has 6 heteroatoms.